The zero-order valence-electron chi connectivity index (χ0n) is 18.0. The molecule has 3 N–H and O–H groups in total. The molecular weight excluding hydrogens is 520 g/mol. The molecule has 196 valence electrons. The molecule has 6 atom stereocenters. The summed E-state index contributed by atoms with van der Waals surface area (Å²) in [5.41, 5.74) is 0. The van der Waals surface area contributed by atoms with Gasteiger partial charge in [0.2, 0.25) is 6.29 Å². The summed E-state index contributed by atoms with van der Waals surface area (Å²) in [6, 6.07) is 0. The van der Waals surface area contributed by atoms with Crippen molar-refractivity contribution in [2.75, 3.05) is 6.61 Å². The molecular formula is C15H22F2O15P2. The summed E-state index contributed by atoms with van der Waals surface area (Å²) in [5, 5.41) is -5.64. The van der Waals surface area contributed by atoms with Gasteiger partial charge in [0.15, 0.2) is 18.3 Å². The Morgan fingerprint density at radius 3 is 1.68 bits per heavy atom. The van der Waals surface area contributed by atoms with Crippen LogP contribution >= 0.6 is 15.2 Å². The van der Waals surface area contributed by atoms with Crippen LogP contribution in [-0.4, -0.2) is 81.3 Å². The van der Waals surface area contributed by atoms with Gasteiger partial charge in [0, 0.05) is 27.7 Å². The normalized spacial score (nSPS) is 27.1. The first-order valence-electron chi connectivity index (χ1n) is 9.05. The van der Waals surface area contributed by atoms with Crippen LogP contribution in [0.25, 0.3) is 0 Å². The minimum absolute atomic E-state index is 0.788. The quantitative estimate of drug-likeness (QED) is 0.198. The number of hydrogen-bond acceptors (Lipinski definition) is 12. The molecule has 2 unspecified atom stereocenters. The van der Waals surface area contributed by atoms with Crippen LogP contribution in [-0.2, 0) is 56.5 Å². The van der Waals surface area contributed by atoms with Gasteiger partial charge >= 0.3 is 44.5 Å². The lowest BCUT2D eigenvalue weighted by Gasteiger charge is -2.44. The molecule has 0 aliphatic carbocycles. The molecule has 34 heavy (non-hydrogen) atoms. The van der Waals surface area contributed by atoms with Gasteiger partial charge in [-0.1, -0.05) is 0 Å². The molecule has 1 aliphatic rings. The maximum absolute atomic E-state index is 14.0. The summed E-state index contributed by atoms with van der Waals surface area (Å²) in [6.07, 6.45) is -10.1. The number of carbonyl (C=O) groups is 4. The average molecular weight is 542 g/mol. The Morgan fingerprint density at radius 2 is 1.26 bits per heavy atom. The Bertz CT molecular complexity index is 902. The smallest absolute Gasteiger partial charge is 0.443 e. The van der Waals surface area contributed by atoms with Crippen LogP contribution in [0.1, 0.15) is 27.7 Å². The van der Waals surface area contributed by atoms with E-state index in [1.165, 1.54) is 0 Å². The highest BCUT2D eigenvalue weighted by Gasteiger charge is 2.67. The third kappa shape index (κ3) is 7.50. The van der Waals surface area contributed by atoms with Gasteiger partial charge in [0.25, 0.3) is 0 Å². The first kappa shape index (κ1) is 30.0. The van der Waals surface area contributed by atoms with Crippen LogP contribution in [0.5, 0.6) is 0 Å². The van der Waals surface area contributed by atoms with E-state index in [-0.39, 0.29) is 0 Å². The highest BCUT2D eigenvalue weighted by Crippen LogP contribution is 2.73. The van der Waals surface area contributed by atoms with Gasteiger partial charge in [-0.05, 0) is 0 Å². The number of rotatable bonds is 9. The SMILES string of the molecule is CC(=O)OC[C@H]1OC(OP(=O)(O)C(F)(F)P(=O)(O)O)[C@H](OC(C)=O)[C@@H](OC(C)=O)[C@H]1OC(C)=O. The molecule has 0 amide bonds. The van der Waals surface area contributed by atoms with E-state index >= 15 is 0 Å². The summed E-state index contributed by atoms with van der Waals surface area (Å²) < 4.78 is 80.0. The molecule has 0 aromatic rings. The van der Waals surface area contributed by atoms with Gasteiger partial charge in [0.05, 0.1) is 0 Å². The molecule has 1 aliphatic heterocycles. The molecule has 19 heteroatoms. The number of halogens is 2. The Kier molecular flexibility index (Phi) is 9.86. The Morgan fingerprint density at radius 1 is 0.824 bits per heavy atom. The largest absolute Gasteiger partial charge is 0.463 e. The van der Waals surface area contributed by atoms with Crippen molar-refractivity contribution < 1.29 is 80.0 Å². The van der Waals surface area contributed by atoms with Crippen molar-refractivity contribution in [3.05, 3.63) is 0 Å². The average Bonchev–Trinajstić information content (AvgIpc) is 2.62. The van der Waals surface area contributed by atoms with E-state index < -0.39 is 81.8 Å². The van der Waals surface area contributed by atoms with Gasteiger partial charge in [-0.25, -0.2) is 0 Å². The summed E-state index contributed by atoms with van der Waals surface area (Å²) in [5.74, 6) is -4.21. The first-order valence-corrected chi connectivity index (χ1v) is 12.2. The number of ether oxygens (including phenoxy) is 5. The molecule has 0 bridgehead atoms. The van der Waals surface area contributed by atoms with E-state index in [2.05, 4.69) is 4.52 Å². The molecule has 1 fully saturated rings. The molecule has 0 aromatic heterocycles. The maximum Gasteiger partial charge on any atom is 0.443 e. The summed E-state index contributed by atoms with van der Waals surface area (Å²) in [7, 11) is -13.2. The number of esters is 4. The number of alkyl halides is 2. The monoisotopic (exact) mass is 542 g/mol. The van der Waals surface area contributed by atoms with Crippen LogP contribution in [0.3, 0.4) is 0 Å². The van der Waals surface area contributed by atoms with Crippen LogP contribution < -0.4 is 0 Å². The highest BCUT2D eigenvalue weighted by molar-refractivity contribution is 7.72. The fourth-order valence-electron chi connectivity index (χ4n) is 2.64. The maximum atomic E-state index is 14.0. The predicted molar refractivity (Wildman–Crippen MR) is 99.9 cm³/mol. The lowest BCUT2D eigenvalue weighted by molar-refractivity contribution is -0.290. The second-order valence-corrected chi connectivity index (χ2v) is 10.6. The Balaban J connectivity index is 3.56. The van der Waals surface area contributed by atoms with Crippen LogP contribution in [0, 0.1) is 0 Å². The van der Waals surface area contributed by atoms with E-state index in [1.54, 1.807) is 0 Å². The Labute approximate surface area is 190 Å². The summed E-state index contributed by atoms with van der Waals surface area (Å²) in [4.78, 5) is 73.2. The van der Waals surface area contributed by atoms with Crippen molar-refractivity contribution in [1.82, 2.24) is 0 Å². The van der Waals surface area contributed by atoms with Crippen LogP contribution in [0.4, 0.5) is 8.78 Å². The molecule has 0 radical (unpaired) electrons. The minimum Gasteiger partial charge on any atom is -0.463 e. The van der Waals surface area contributed by atoms with E-state index in [1.807, 2.05) is 0 Å². The minimum atomic E-state index is -6.61. The lowest BCUT2D eigenvalue weighted by atomic mass is 9.98. The second-order valence-electron chi connectivity index (χ2n) is 6.75. The first-order chi connectivity index (χ1) is 15.3. The van der Waals surface area contributed by atoms with E-state index in [0.29, 0.717) is 0 Å². The van der Waals surface area contributed by atoms with Gasteiger partial charge in [0.1, 0.15) is 12.7 Å². The van der Waals surface area contributed by atoms with Crippen molar-refractivity contribution in [3.8, 4) is 0 Å². The predicted octanol–water partition coefficient (Wildman–Crippen LogP) is -0.000500. The molecule has 0 spiro atoms. The molecule has 1 heterocycles. The zero-order valence-corrected chi connectivity index (χ0v) is 19.8. The Hall–Kier alpha value is -2.00. The zero-order chi connectivity index (χ0) is 26.6. The van der Waals surface area contributed by atoms with Crippen molar-refractivity contribution >= 4 is 39.1 Å². The van der Waals surface area contributed by atoms with Crippen molar-refractivity contribution in [2.45, 2.75) is 63.8 Å². The van der Waals surface area contributed by atoms with Gasteiger partial charge in [-0.15, -0.1) is 0 Å². The fourth-order valence-corrected chi connectivity index (χ4v) is 4.68. The van der Waals surface area contributed by atoms with E-state index in [0.717, 1.165) is 27.7 Å². The second kappa shape index (κ2) is 11.2. The lowest BCUT2D eigenvalue weighted by Crippen LogP contribution is -2.62. The van der Waals surface area contributed by atoms with Crippen molar-refractivity contribution in [1.29, 1.82) is 0 Å². The number of carbonyl (C=O) groups excluding carboxylic acids is 4. The van der Waals surface area contributed by atoms with Crippen molar-refractivity contribution in [3.63, 3.8) is 0 Å². The van der Waals surface area contributed by atoms with Crippen LogP contribution in [0.15, 0.2) is 0 Å². The van der Waals surface area contributed by atoms with Crippen LogP contribution in [0.2, 0.25) is 0 Å². The van der Waals surface area contributed by atoms with E-state index in [9.17, 15) is 42.0 Å². The van der Waals surface area contributed by atoms with Gasteiger partial charge in [-0.3, -0.25) is 32.8 Å². The van der Waals surface area contributed by atoms with Gasteiger partial charge in [-0.2, -0.15) is 8.78 Å². The molecule has 0 aromatic carbocycles. The standard InChI is InChI=1S/C15H22F2O15P2/c1-6(18)27-5-10-11(28-7(2)19)12(29-8(3)20)13(30-9(4)21)14(31-10)32-34(25,26)15(16,17)33(22,23)24/h10-14H,5H2,1-4H3,(H,25,26)(H2,22,23,24)/t10-,11+,12+,13-,14?/m1/s1. The highest BCUT2D eigenvalue weighted by atomic mass is 31.2. The topological polar surface area (TPSA) is 218 Å². The summed E-state index contributed by atoms with van der Waals surface area (Å²) in [6.45, 7) is 2.67. The third-order valence-corrected chi connectivity index (χ3v) is 7.30. The molecule has 1 saturated heterocycles. The van der Waals surface area contributed by atoms with E-state index in [4.69, 9.17) is 33.5 Å². The van der Waals surface area contributed by atoms with Crippen molar-refractivity contribution in [2.24, 2.45) is 0 Å². The third-order valence-electron chi connectivity index (χ3n) is 3.89. The number of hydrogen-bond donors (Lipinski definition) is 3. The molecule has 15 nitrogen and oxygen atoms in total. The van der Waals surface area contributed by atoms with Gasteiger partial charge < -0.3 is 38.4 Å². The molecule has 1 rings (SSSR count). The fraction of sp³-hybridized carbons (Fsp3) is 0.733. The summed E-state index contributed by atoms with van der Waals surface area (Å²) >= 11 is 0. The molecule has 0 saturated carbocycles.